The maximum Gasteiger partial charge on any atom is 0.0249 e. The minimum atomic E-state index is 0.465. The van der Waals surface area contributed by atoms with Crippen LogP contribution < -0.4 is 5.32 Å². The predicted octanol–water partition coefficient (Wildman–Crippen LogP) is 5.38. The molecule has 2 heteroatoms. The van der Waals surface area contributed by atoms with E-state index < -0.39 is 0 Å². The summed E-state index contributed by atoms with van der Waals surface area (Å²) in [5.74, 6) is 0.465. The Morgan fingerprint density at radius 2 is 1.82 bits per heavy atom. The molecule has 1 aliphatic heterocycles. The molecule has 4 rings (SSSR count). The standard InChI is InChI=1S/C26H36N2/c1-3-4-17-28-18-11-10-16-25(28)20(2)27-24-19-22-14-8-9-15-23(22)26(24)21-12-6-5-7-13-21/h5-9,12-15,20,24-27H,3-4,10-11,16-19H2,1-2H3. The van der Waals surface area contributed by atoms with E-state index in [1.165, 1.54) is 61.9 Å². The first-order valence-corrected chi connectivity index (χ1v) is 11.4. The molecule has 2 aromatic rings. The van der Waals surface area contributed by atoms with Crippen molar-refractivity contribution in [3.63, 3.8) is 0 Å². The molecule has 2 nitrogen and oxygen atoms in total. The quantitative estimate of drug-likeness (QED) is 0.698. The van der Waals surface area contributed by atoms with E-state index in [1.807, 2.05) is 0 Å². The van der Waals surface area contributed by atoms with Crippen LogP contribution in [0.1, 0.15) is 68.6 Å². The Hall–Kier alpha value is -1.64. The molecule has 1 fully saturated rings. The van der Waals surface area contributed by atoms with Crippen LogP contribution in [0.3, 0.4) is 0 Å². The number of nitrogens with zero attached hydrogens (tertiary/aromatic N) is 1. The molecular formula is C26H36N2. The first-order valence-electron chi connectivity index (χ1n) is 11.4. The first kappa shape index (κ1) is 19.7. The van der Waals surface area contributed by atoms with Gasteiger partial charge in [-0.3, -0.25) is 4.90 Å². The number of likely N-dealkylation sites (tertiary alicyclic amines) is 1. The maximum atomic E-state index is 4.11. The zero-order valence-corrected chi connectivity index (χ0v) is 17.6. The van der Waals surface area contributed by atoms with Crippen molar-refractivity contribution in [2.45, 2.75) is 76.4 Å². The molecule has 1 aliphatic carbocycles. The van der Waals surface area contributed by atoms with E-state index in [0.717, 1.165) is 6.42 Å². The predicted molar refractivity (Wildman–Crippen MR) is 119 cm³/mol. The Morgan fingerprint density at radius 1 is 1.04 bits per heavy atom. The molecule has 0 bridgehead atoms. The smallest absolute Gasteiger partial charge is 0.0249 e. The Labute approximate surface area is 171 Å². The van der Waals surface area contributed by atoms with Crippen LogP contribution in [0.15, 0.2) is 54.6 Å². The van der Waals surface area contributed by atoms with Crippen molar-refractivity contribution in [1.29, 1.82) is 0 Å². The Kier molecular flexibility index (Phi) is 6.49. The fourth-order valence-electron chi connectivity index (χ4n) is 5.49. The molecule has 4 unspecified atom stereocenters. The second-order valence-corrected chi connectivity index (χ2v) is 8.81. The van der Waals surface area contributed by atoms with Crippen LogP contribution in [0.25, 0.3) is 0 Å². The third-order valence-electron chi connectivity index (χ3n) is 6.91. The molecule has 0 spiro atoms. The van der Waals surface area contributed by atoms with Gasteiger partial charge in [0.2, 0.25) is 0 Å². The lowest BCUT2D eigenvalue weighted by molar-refractivity contribution is 0.112. The average molecular weight is 377 g/mol. The third-order valence-corrected chi connectivity index (χ3v) is 6.91. The van der Waals surface area contributed by atoms with Crippen LogP contribution in [0.5, 0.6) is 0 Å². The lowest BCUT2D eigenvalue weighted by Gasteiger charge is -2.41. The Morgan fingerprint density at radius 3 is 2.64 bits per heavy atom. The van der Waals surface area contributed by atoms with Gasteiger partial charge in [-0.2, -0.15) is 0 Å². The number of hydrogen-bond donors (Lipinski definition) is 1. The zero-order valence-electron chi connectivity index (χ0n) is 17.6. The first-order chi connectivity index (χ1) is 13.8. The van der Waals surface area contributed by atoms with E-state index in [-0.39, 0.29) is 0 Å². The molecule has 0 saturated carbocycles. The van der Waals surface area contributed by atoms with Gasteiger partial charge in [-0.05, 0) is 62.4 Å². The molecule has 4 atom stereocenters. The zero-order chi connectivity index (χ0) is 19.3. The SMILES string of the molecule is CCCCN1CCCCC1C(C)NC1Cc2ccccc2C1c1ccccc1. The van der Waals surface area contributed by atoms with Crippen LogP contribution in [0, 0.1) is 0 Å². The summed E-state index contributed by atoms with van der Waals surface area (Å²) in [5.41, 5.74) is 4.49. The molecule has 1 N–H and O–H groups in total. The average Bonchev–Trinajstić information content (AvgIpc) is 3.10. The summed E-state index contributed by atoms with van der Waals surface area (Å²) in [6, 6.07) is 21.9. The van der Waals surface area contributed by atoms with Gasteiger partial charge in [-0.1, -0.05) is 74.4 Å². The minimum Gasteiger partial charge on any atom is -0.309 e. The van der Waals surface area contributed by atoms with Crippen molar-refractivity contribution in [2.75, 3.05) is 13.1 Å². The highest BCUT2D eigenvalue weighted by atomic mass is 15.2. The van der Waals surface area contributed by atoms with Gasteiger partial charge in [0.25, 0.3) is 0 Å². The van der Waals surface area contributed by atoms with Gasteiger partial charge in [-0.25, -0.2) is 0 Å². The van der Waals surface area contributed by atoms with Crippen LogP contribution in [-0.2, 0) is 6.42 Å². The van der Waals surface area contributed by atoms with Gasteiger partial charge in [-0.15, -0.1) is 0 Å². The van der Waals surface area contributed by atoms with Gasteiger partial charge in [0.05, 0.1) is 0 Å². The Bertz CT molecular complexity index is 741. The van der Waals surface area contributed by atoms with Crippen LogP contribution in [0.4, 0.5) is 0 Å². The highest BCUT2D eigenvalue weighted by molar-refractivity contribution is 5.44. The van der Waals surface area contributed by atoms with Crippen molar-refractivity contribution in [3.8, 4) is 0 Å². The van der Waals surface area contributed by atoms with E-state index in [4.69, 9.17) is 0 Å². The number of piperidine rings is 1. The summed E-state index contributed by atoms with van der Waals surface area (Å²) < 4.78 is 0. The van der Waals surface area contributed by atoms with Crippen molar-refractivity contribution in [1.82, 2.24) is 10.2 Å². The number of fused-ring (bicyclic) bond motifs is 1. The van der Waals surface area contributed by atoms with Gasteiger partial charge < -0.3 is 5.32 Å². The molecular weight excluding hydrogens is 340 g/mol. The lowest BCUT2D eigenvalue weighted by Crippen LogP contribution is -2.54. The molecule has 2 aromatic carbocycles. The van der Waals surface area contributed by atoms with Crippen molar-refractivity contribution >= 4 is 0 Å². The fourth-order valence-corrected chi connectivity index (χ4v) is 5.49. The summed E-state index contributed by atoms with van der Waals surface area (Å²) >= 11 is 0. The number of hydrogen-bond acceptors (Lipinski definition) is 2. The largest absolute Gasteiger partial charge is 0.309 e. The minimum absolute atomic E-state index is 0.465. The van der Waals surface area contributed by atoms with Gasteiger partial charge in [0.1, 0.15) is 0 Å². The van der Waals surface area contributed by atoms with E-state index in [0.29, 0.717) is 24.0 Å². The second-order valence-electron chi connectivity index (χ2n) is 8.81. The molecule has 0 radical (unpaired) electrons. The summed E-state index contributed by atoms with van der Waals surface area (Å²) in [5, 5.41) is 4.11. The van der Waals surface area contributed by atoms with Gasteiger partial charge in [0, 0.05) is 24.0 Å². The highest BCUT2D eigenvalue weighted by Gasteiger charge is 2.36. The van der Waals surface area contributed by atoms with Gasteiger partial charge in [0.15, 0.2) is 0 Å². The van der Waals surface area contributed by atoms with E-state index in [1.54, 1.807) is 0 Å². The number of benzene rings is 2. The topological polar surface area (TPSA) is 15.3 Å². The van der Waals surface area contributed by atoms with E-state index in [2.05, 4.69) is 78.7 Å². The summed E-state index contributed by atoms with van der Waals surface area (Å²) in [4.78, 5) is 2.77. The normalized spacial score (nSPS) is 26.1. The number of rotatable bonds is 7. The van der Waals surface area contributed by atoms with E-state index >= 15 is 0 Å². The van der Waals surface area contributed by atoms with Crippen LogP contribution >= 0.6 is 0 Å². The van der Waals surface area contributed by atoms with Crippen LogP contribution in [-0.4, -0.2) is 36.1 Å². The Balaban J connectivity index is 1.53. The molecule has 150 valence electrons. The van der Waals surface area contributed by atoms with Crippen molar-refractivity contribution < 1.29 is 0 Å². The highest BCUT2D eigenvalue weighted by Crippen LogP contribution is 2.38. The molecule has 28 heavy (non-hydrogen) atoms. The van der Waals surface area contributed by atoms with Crippen molar-refractivity contribution in [2.24, 2.45) is 0 Å². The molecule has 0 amide bonds. The summed E-state index contributed by atoms with van der Waals surface area (Å²) in [7, 11) is 0. The molecule has 0 aromatic heterocycles. The number of unbranched alkanes of at least 4 members (excludes halogenated alkanes) is 1. The monoisotopic (exact) mass is 376 g/mol. The third kappa shape index (κ3) is 4.18. The molecule has 2 aliphatic rings. The number of nitrogens with one attached hydrogen (secondary N) is 1. The molecule has 1 heterocycles. The van der Waals surface area contributed by atoms with Crippen LogP contribution in [0.2, 0.25) is 0 Å². The fraction of sp³-hybridized carbons (Fsp3) is 0.538. The van der Waals surface area contributed by atoms with E-state index in [9.17, 15) is 0 Å². The van der Waals surface area contributed by atoms with Gasteiger partial charge >= 0.3 is 0 Å². The summed E-state index contributed by atoms with van der Waals surface area (Å²) in [6.07, 6.45) is 7.85. The van der Waals surface area contributed by atoms with Crippen molar-refractivity contribution in [3.05, 3.63) is 71.3 Å². The summed E-state index contributed by atoms with van der Waals surface area (Å²) in [6.45, 7) is 7.28. The second kappa shape index (κ2) is 9.24. The lowest BCUT2D eigenvalue weighted by atomic mass is 9.88. The maximum absolute atomic E-state index is 4.11. The molecule has 1 saturated heterocycles.